The second kappa shape index (κ2) is 7.99. The molecule has 152 valence electrons. The molecule has 2 aromatic carbocycles. The van der Waals surface area contributed by atoms with Crippen LogP contribution in [0.4, 0.5) is 0 Å². The zero-order valence-electron chi connectivity index (χ0n) is 16.6. The highest BCUT2D eigenvalue weighted by Gasteiger charge is 2.35. The fraction of sp³-hybridized carbons (Fsp3) is 0.208. The molecule has 0 radical (unpaired) electrons. The Morgan fingerprint density at radius 3 is 2.70 bits per heavy atom. The van der Waals surface area contributed by atoms with Gasteiger partial charge in [0, 0.05) is 29.1 Å². The maximum absolute atomic E-state index is 12.9. The normalized spacial score (nSPS) is 13.9. The number of amides is 1. The van der Waals surface area contributed by atoms with Crippen LogP contribution in [-0.2, 0) is 17.8 Å². The molecule has 0 saturated heterocycles. The zero-order chi connectivity index (χ0) is 21.1. The molecule has 2 N–H and O–H groups in total. The minimum Gasteiger partial charge on any atom is -0.488 e. The highest BCUT2D eigenvalue weighted by molar-refractivity contribution is 5.99. The molecule has 1 amide bonds. The average molecular weight is 402 g/mol. The summed E-state index contributed by atoms with van der Waals surface area (Å²) < 4.78 is 5.79. The summed E-state index contributed by atoms with van der Waals surface area (Å²) in [6.45, 7) is 1.92. The van der Waals surface area contributed by atoms with Gasteiger partial charge >= 0.3 is 5.97 Å². The van der Waals surface area contributed by atoms with Crippen LogP contribution in [0.2, 0.25) is 0 Å². The summed E-state index contributed by atoms with van der Waals surface area (Å²) in [5.41, 5.74) is 2.90. The van der Waals surface area contributed by atoms with E-state index in [4.69, 9.17) is 4.74 Å². The number of pyridine rings is 1. The standard InChI is InChI=1S/C24H22N2O4/c1-24(23(28)29,11-9-16-5-3-2-4-6-16)26-22(27)17-7-8-20-19-10-12-25-14-18(19)15-30-21(20)13-17/h2-8,10,12-14H,9,11,15H2,1H3,(H,26,27)(H,28,29)/t24-/m1/s1. The van der Waals surface area contributed by atoms with Gasteiger partial charge in [-0.3, -0.25) is 9.78 Å². The number of carbonyl (C=O) groups is 2. The lowest BCUT2D eigenvalue weighted by molar-refractivity contribution is -0.144. The number of hydrogen-bond donors (Lipinski definition) is 2. The van der Waals surface area contributed by atoms with Crippen molar-refractivity contribution in [3.63, 3.8) is 0 Å². The quantitative estimate of drug-likeness (QED) is 0.654. The number of nitrogens with zero attached hydrogens (tertiary/aromatic N) is 1. The van der Waals surface area contributed by atoms with E-state index >= 15 is 0 Å². The third-order valence-electron chi connectivity index (χ3n) is 5.44. The molecule has 6 nitrogen and oxygen atoms in total. The lowest BCUT2D eigenvalue weighted by Gasteiger charge is -2.27. The number of ether oxygens (including phenoxy) is 1. The Labute approximate surface area is 174 Å². The summed E-state index contributed by atoms with van der Waals surface area (Å²) >= 11 is 0. The fourth-order valence-corrected chi connectivity index (χ4v) is 3.55. The first-order valence-electron chi connectivity index (χ1n) is 9.76. The Hall–Kier alpha value is -3.67. The molecule has 4 rings (SSSR count). The number of rotatable bonds is 6. The number of benzene rings is 2. The molecule has 0 spiro atoms. The van der Waals surface area contributed by atoms with Gasteiger partial charge in [0.2, 0.25) is 0 Å². The van der Waals surface area contributed by atoms with Crippen LogP contribution < -0.4 is 10.1 Å². The lowest BCUT2D eigenvalue weighted by atomic mass is 9.92. The van der Waals surface area contributed by atoms with E-state index in [9.17, 15) is 14.7 Å². The van der Waals surface area contributed by atoms with Crippen LogP contribution in [0.25, 0.3) is 11.1 Å². The molecule has 0 unspecified atom stereocenters. The third-order valence-corrected chi connectivity index (χ3v) is 5.44. The van der Waals surface area contributed by atoms with Gasteiger partial charge in [0.25, 0.3) is 5.91 Å². The number of aromatic nitrogens is 1. The largest absolute Gasteiger partial charge is 0.488 e. The van der Waals surface area contributed by atoms with Crippen molar-refractivity contribution in [2.75, 3.05) is 0 Å². The van der Waals surface area contributed by atoms with Gasteiger partial charge in [-0.05, 0) is 55.2 Å². The first-order valence-corrected chi connectivity index (χ1v) is 9.76. The monoisotopic (exact) mass is 402 g/mol. The highest BCUT2D eigenvalue weighted by Crippen LogP contribution is 2.37. The summed E-state index contributed by atoms with van der Waals surface area (Å²) in [4.78, 5) is 28.9. The van der Waals surface area contributed by atoms with Crippen molar-refractivity contribution in [1.82, 2.24) is 10.3 Å². The number of aliphatic carboxylic acids is 1. The second-order valence-electron chi connectivity index (χ2n) is 7.61. The van der Waals surface area contributed by atoms with Crippen LogP contribution in [0.1, 0.15) is 34.8 Å². The molecular formula is C24H22N2O4. The summed E-state index contributed by atoms with van der Waals surface area (Å²) in [5, 5.41) is 12.5. The average Bonchev–Trinajstić information content (AvgIpc) is 2.77. The van der Waals surface area contributed by atoms with E-state index < -0.39 is 17.4 Å². The van der Waals surface area contributed by atoms with Crippen molar-refractivity contribution >= 4 is 11.9 Å². The predicted octanol–water partition coefficient (Wildman–Crippen LogP) is 3.85. The van der Waals surface area contributed by atoms with Crippen LogP contribution in [0, 0.1) is 0 Å². The maximum Gasteiger partial charge on any atom is 0.329 e. The van der Waals surface area contributed by atoms with Crippen molar-refractivity contribution in [2.24, 2.45) is 0 Å². The number of carboxylic acids is 1. The number of carbonyl (C=O) groups excluding carboxylic acids is 1. The Kier molecular flexibility index (Phi) is 5.23. The van der Waals surface area contributed by atoms with E-state index in [2.05, 4.69) is 10.3 Å². The Morgan fingerprint density at radius 2 is 1.93 bits per heavy atom. The summed E-state index contributed by atoms with van der Waals surface area (Å²) in [6, 6.07) is 16.7. The van der Waals surface area contributed by atoms with Gasteiger partial charge < -0.3 is 15.2 Å². The highest BCUT2D eigenvalue weighted by atomic mass is 16.5. The van der Waals surface area contributed by atoms with Crippen LogP contribution in [-0.4, -0.2) is 27.5 Å². The molecule has 30 heavy (non-hydrogen) atoms. The van der Waals surface area contributed by atoms with E-state index in [-0.39, 0.29) is 6.42 Å². The van der Waals surface area contributed by atoms with Gasteiger partial charge in [0.15, 0.2) is 0 Å². The van der Waals surface area contributed by atoms with E-state index in [1.807, 2.05) is 42.5 Å². The molecule has 0 saturated carbocycles. The predicted molar refractivity (Wildman–Crippen MR) is 112 cm³/mol. The molecule has 0 aliphatic carbocycles. The molecular weight excluding hydrogens is 380 g/mol. The first-order chi connectivity index (χ1) is 14.5. The summed E-state index contributed by atoms with van der Waals surface area (Å²) in [6.07, 6.45) is 4.31. The van der Waals surface area contributed by atoms with Crippen LogP contribution in [0.15, 0.2) is 67.0 Å². The molecule has 3 aromatic rings. The maximum atomic E-state index is 12.9. The van der Waals surface area contributed by atoms with E-state index in [0.29, 0.717) is 24.3 Å². The number of fused-ring (bicyclic) bond motifs is 3. The number of aryl methyl sites for hydroxylation is 1. The number of nitrogens with one attached hydrogen (secondary N) is 1. The molecule has 2 heterocycles. The fourth-order valence-electron chi connectivity index (χ4n) is 3.55. The third kappa shape index (κ3) is 3.89. The van der Waals surface area contributed by atoms with Gasteiger partial charge in [-0.15, -0.1) is 0 Å². The second-order valence-corrected chi connectivity index (χ2v) is 7.61. The molecule has 0 fully saturated rings. The zero-order valence-corrected chi connectivity index (χ0v) is 16.6. The van der Waals surface area contributed by atoms with Crippen molar-refractivity contribution in [3.05, 3.63) is 83.7 Å². The Bertz CT molecular complexity index is 1100. The Morgan fingerprint density at radius 1 is 1.13 bits per heavy atom. The van der Waals surface area contributed by atoms with Crippen LogP contribution >= 0.6 is 0 Å². The summed E-state index contributed by atoms with van der Waals surface area (Å²) in [7, 11) is 0. The number of hydrogen-bond acceptors (Lipinski definition) is 4. The lowest BCUT2D eigenvalue weighted by Crippen LogP contribution is -2.52. The van der Waals surface area contributed by atoms with Crippen LogP contribution in [0.3, 0.4) is 0 Å². The topological polar surface area (TPSA) is 88.5 Å². The van der Waals surface area contributed by atoms with Crippen molar-refractivity contribution < 1.29 is 19.4 Å². The molecule has 6 heteroatoms. The van der Waals surface area contributed by atoms with E-state index in [1.165, 1.54) is 6.92 Å². The van der Waals surface area contributed by atoms with Gasteiger partial charge in [-0.2, -0.15) is 0 Å². The molecule has 1 aromatic heterocycles. The van der Waals surface area contributed by atoms with Gasteiger partial charge in [-0.1, -0.05) is 30.3 Å². The van der Waals surface area contributed by atoms with Gasteiger partial charge in [-0.25, -0.2) is 4.79 Å². The first kappa shape index (κ1) is 19.6. The van der Waals surface area contributed by atoms with Crippen molar-refractivity contribution in [2.45, 2.75) is 31.9 Å². The van der Waals surface area contributed by atoms with Gasteiger partial charge in [0.1, 0.15) is 17.9 Å². The molecule has 0 bridgehead atoms. The minimum absolute atomic E-state index is 0.278. The SMILES string of the molecule is C[C@](CCc1ccccc1)(NC(=O)c1ccc2c(c1)OCc1cnccc1-2)C(=O)O. The van der Waals surface area contributed by atoms with Gasteiger partial charge in [0.05, 0.1) is 0 Å². The molecule has 1 atom stereocenters. The molecule has 1 aliphatic heterocycles. The van der Waals surface area contributed by atoms with E-state index in [1.54, 1.807) is 24.5 Å². The Balaban J connectivity index is 1.53. The molecule has 1 aliphatic rings. The van der Waals surface area contributed by atoms with Crippen molar-refractivity contribution in [1.29, 1.82) is 0 Å². The minimum atomic E-state index is -1.39. The summed E-state index contributed by atoms with van der Waals surface area (Å²) in [5.74, 6) is -0.912. The van der Waals surface area contributed by atoms with Crippen LogP contribution in [0.5, 0.6) is 5.75 Å². The number of carboxylic acid groups (broad SMARTS) is 1. The van der Waals surface area contributed by atoms with Crippen molar-refractivity contribution in [3.8, 4) is 16.9 Å². The smallest absolute Gasteiger partial charge is 0.329 e. The van der Waals surface area contributed by atoms with E-state index in [0.717, 1.165) is 22.3 Å².